The van der Waals surface area contributed by atoms with Crippen LogP contribution in [0.2, 0.25) is 0 Å². The highest BCUT2D eigenvalue weighted by atomic mass is 16.5. The van der Waals surface area contributed by atoms with Crippen molar-refractivity contribution >= 4 is 5.91 Å². The molecule has 0 fully saturated rings. The second kappa shape index (κ2) is 6.51. The fraction of sp³-hybridized carbons (Fsp3) is 0.368. The number of carbonyl (C=O) groups excluding carboxylic acids is 1. The Morgan fingerprint density at radius 1 is 1.29 bits per heavy atom. The van der Waals surface area contributed by atoms with E-state index in [4.69, 9.17) is 4.74 Å². The molecule has 126 valence electrons. The van der Waals surface area contributed by atoms with Gasteiger partial charge in [0.15, 0.2) is 0 Å². The summed E-state index contributed by atoms with van der Waals surface area (Å²) < 4.78 is 5.64. The van der Waals surface area contributed by atoms with Gasteiger partial charge in [0.1, 0.15) is 12.4 Å². The van der Waals surface area contributed by atoms with Crippen molar-refractivity contribution in [2.24, 2.45) is 5.41 Å². The topological polar surface area (TPSA) is 62.7 Å². The van der Waals surface area contributed by atoms with Crippen molar-refractivity contribution in [1.29, 1.82) is 0 Å². The zero-order chi connectivity index (χ0) is 17.2. The Hall–Kier alpha value is -2.56. The van der Waals surface area contributed by atoms with E-state index in [2.05, 4.69) is 4.98 Å². The van der Waals surface area contributed by atoms with Gasteiger partial charge in [0, 0.05) is 17.2 Å². The van der Waals surface area contributed by atoms with Gasteiger partial charge in [0.05, 0.1) is 13.1 Å². The molecule has 0 saturated heterocycles. The minimum absolute atomic E-state index is 0.0934. The molecular formula is C19H22N2O3. The summed E-state index contributed by atoms with van der Waals surface area (Å²) in [6, 6.07) is 10.8. The summed E-state index contributed by atoms with van der Waals surface area (Å²) in [6.45, 7) is 5.43. The molecule has 3 rings (SSSR count). The maximum atomic E-state index is 13.1. The van der Waals surface area contributed by atoms with Crippen LogP contribution in [0.3, 0.4) is 0 Å². The van der Waals surface area contributed by atoms with Crippen LogP contribution in [0.25, 0.3) is 0 Å². The molecule has 0 unspecified atom stereocenters. The van der Waals surface area contributed by atoms with Gasteiger partial charge in [-0.2, -0.15) is 0 Å². The minimum atomic E-state index is -0.538. The van der Waals surface area contributed by atoms with E-state index < -0.39 is 5.41 Å². The monoisotopic (exact) mass is 326 g/mol. The highest BCUT2D eigenvalue weighted by molar-refractivity contribution is 5.82. The van der Waals surface area contributed by atoms with Gasteiger partial charge >= 0.3 is 0 Å². The van der Waals surface area contributed by atoms with Crippen LogP contribution < -0.4 is 4.74 Å². The number of hydrogen-bond acceptors (Lipinski definition) is 4. The second-order valence-electron chi connectivity index (χ2n) is 6.77. The van der Waals surface area contributed by atoms with E-state index >= 15 is 0 Å². The summed E-state index contributed by atoms with van der Waals surface area (Å²) in [7, 11) is 0. The number of aromatic nitrogens is 1. The van der Waals surface area contributed by atoms with Crippen molar-refractivity contribution in [1.82, 2.24) is 9.88 Å². The summed E-state index contributed by atoms with van der Waals surface area (Å²) in [5, 5.41) is 9.40. The zero-order valence-electron chi connectivity index (χ0n) is 14.0. The number of fused-ring (bicyclic) bond motifs is 1. The molecule has 1 aromatic carbocycles. The van der Waals surface area contributed by atoms with Crippen LogP contribution in [-0.4, -0.2) is 34.0 Å². The van der Waals surface area contributed by atoms with E-state index in [1.54, 1.807) is 18.3 Å². The van der Waals surface area contributed by atoms with E-state index in [0.29, 0.717) is 32.0 Å². The first-order valence-corrected chi connectivity index (χ1v) is 8.10. The summed E-state index contributed by atoms with van der Waals surface area (Å²) in [6.07, 6.45) is 2.31. The molecule has 2 heterocycles. The van der Waals surface area contributed by atoms with Crippen LogP contribution in [0.15, 0.2) is 42.6 Å². The Bertz CT molecular complexity index is 726. The largest absolute Gasteiger partial charge is 0.508 e. The number of hydrogen-bond donors (Lipinski definition) is 1. The molecule has 2 aromatic rings. The number of nitrogens with zero attached hydrogens (tertiary/aromatic N) is 2. The minimum Gasteiger partial charge on any atom is -0.508 e. The first-order valence-electron chi connectivity index (χ1n) is 8.10. The standard InChI is InChI=1S/C19H22N2O3/c1-19(2,12-14-5-7-16(22)8-6-14)18(23)21-10-11-24-17-15(13-21)4-3-9-20-17/h3-9,22H,10-13H2,1-2H3. The van der Waals surface area contributed by atoms with Gasteiger partial charge in [0.25, 0.3) is 0 Å². The number of rotatable bonds is 3. The molecule has 1 aliphatic heterocycles. The Morgan fingerprint density at radius 2 is 2.04 bits per heavy atom. The molecule has 1 N–H and O–H groups in total. The van der Waals surface area contributed by atoms with Crippen molar-refractivity contribution in [3.05, 3.63) is 53.7 Å². The molecular weight excluding hydrogens is 304 g/mol. The highest BCUT2D eigenvalue weighted by Crippen LogP contribution is 2.28. The predicted octanol–water partition coefficient (Wildman–Crippen LogP) is 2.78. The smallest absolute Gasteiger partial charge is 0.228 e. The molecule has 0 spiro atoms. The number of aromatic hydroxyl groups is 1. The number of ether oxygens (including phenoxy) is 1. The molecule has 1 aromatic heterocycles. The van der Waals surface area contributed by atoms with Gasteiger partial charge in [-0.3, -0.25) is 4.79 Å². The van der Waals surface area contributed by atoms with Gasteiger partial charge in [-0.1, -0.05) is 32.0 Å². The highest BCUT2D eigenvalue weighted by Gasteiger charge is 2.33. The Labute approximate surface area is 141 Å². The third kappa shape index (κ3) is 3.50. The van der Waals surface area contributed by atoms with Crippen LogP contribution in [-0.2, 0) is 17.8 Å². The fourth-order valence-corrected chi connectivity index (χ4v) is 3.01. The Morgan fingerprint density at radius 3 is 2.79 bits per heavy atom. The third-order valence-electron chi connectivity index (χ3n) is 4.26. The van der Waals surface area contributed by atoms with E-state index in [9.17, 15) is 9.90 Å². The molecule has 0 radical (unpaired) electrons. The average Bonchev–Trinajstić information content (AvgIpc) is 2.78. The summed E-state index contributed by atoms with van der Waals surface area (Å²) >= 11 is 0. The summed E-state index contributed by atoms with van der Waals surface area (Å²) in [4.78, 5) is 19.1. The number of carbonyl (C=O) groups is 1. The lowest BCUT2D eigenvalue weighted by molar-refractivity contribution is -0.141. The van der Waals surface area contributed by atoms with Crippen LogP contribution in [0, 0.1) is 5.41 Å². The molecule has 24 heavy (non-hydrogen) atoms. The first-order chi connectivity index (χ1) is 11.5. The molecule has 0 atom stereocenters. The van der Waals surface area contributed by atoms with Gasteiger partial charge in [-0.15, -0.1) is 0 Å². The Balaban J connectivity index is 1.75. The number of phenolic OH excluding ortho intramolecular Hbond substituents is 1. The maximum Gasteiger partial charge on any atom is 0.228 e. The van der Waals surface area contributed by atoms with Crippen LogP contribution in [0.5, 0.6) is 11.6 Å². The van der Waals surface area contributed by atoms with Gasteiger partial charge in [-0.25, -0.2) is 4.98 Å². The van der Waals surface area contributed by atoms with E-state index in [1.807, 2.05) is 43.0 Å². The SMILES string of the molecule is CC(C)(Cc1ccc(O)cc1)C(=O)N1CCOc2ncccc2C1. The summed E-state index contributed by atoms with van der Waals surface area (Å²) in [5.41, 5.74) is 1.42. The van der Waals surface area contributed by atoms with Crippen LogP contribution in [0.1, 0.15) is 25.0 Å². The predicted molar refractivity (Wildman–Crippen MR) is 90.7 cm³/mol. The molecule has 0 bridgehead atoms. The normalized spacial score (nSPS) is 14.5. The fourth-order valence-electron chi connectivity index (χ4n) is 3.01. The quantitative estimate of drug-likeness (QED) is 0.942. The van der Waals surface area contributed by atoms with Crippen molar-refractivity contribution in [3.8, 4) is 11.6 Å². The van der Waals surface area contributed by atoms with Gasteiger partial charge < -0.3 is 14.7 Å². The van der Waals surface area contributed by atoms with Gasteiger partial charge in [0.2, 0.25) is 11.8 Å². The molecule has 0 saturated carbocycles. The van der Waals surface area contributed by atoms with E-state index in [-0.39, 0.29) is 11.7 Å². The van der Waals surface area contributed by atoms with Crippen molar-refractivity contribution in [2.45, 2.75) is 26.8 Å². The lowest BCUT2D eigenvalue weighted by atomic mass is 9.84. The van der Waals surface area contributed by atoms with E-state index in [1.165, 1.54) is 0 Å². The number of amides is 1. The van der Waals surface area contributed by atoms with Crippen molar-refractivity contribution in [3.63, 3.8) is 0 Å². The number of phenols is 1. The van der Waals surface area contributed by atoms with Crippen molar-refractivity contribution < 1.29 is 14.6 Å². The molecule has 0 aliphatic carbocycles. The van der Waals surface area contributed by atoms with Crippen molar-refractivity contribution in [2.75, 3.05) is 13.2 Å². The molecule has 1 amide bonds. The maximum absolute atomic E-state index is 13.1. The molecule has 1 aliphatic rings. The average molecular weight is 326 g/mol. The lowest BCUT2D eigenvalue weighted by Crippen LogP contribution is -2.42. The molecule has 5 nitrogen and oxygen atoms in total. The Kier molecular flexibility index (Phi) is 4.42. The molecule has 5 heteroatoms. The van der Waals surface area contributed by atoms with Crippen LogP contribution in [0.4, 0.5) is 0 Å². The number of pyridine rings is 1. The van der Waals surface area contributed by atoms with Gasteiger partial charge in [-0.05, 0) is 30.2 Å². The first kappa shape index (κ1) is 16.3. The zero-order valence-corrected chi connectivity index (χ0v) is 14.0. The number of benzene rings is 1. The van der Waals surface area contributed by atoms with Crippen LogP contribution >= 0.6 is 0 Å². The van der Waals surface area contributed by atoms with E-state index in [0.717, 1.165) is 11.1 Å². The second-order valence-corrected chi connectivity index (χ2v) is 6.77. The lowest BCUT2D eigenvalue weighted by Gasteiger charge is -2.31. The summed E-state index contributed by atoms with van der Waals surface area (Å²) in [5.74, 6) is 0.941. The third-order valence-corrected chi connectivity index (χ3v) is 4.26.